The van der Waals surface area contributed by atoms with Crippen molar-refractivity contribution < 1.29 is 14.3 Å². The fraction of sp³-hybridized carbons (Fsp3) is 0.455. The third-order valence-electron chi connectivity index (χ3n) is 2.22. The second-order valence-electron chi connectivity index (χ2n) is 3.71. The lowest BCUT2D eigenvalue weighted by molar-refractivity contribution is -0.144. The Hall–Kier alpha value is -0.680. The van der Waals surface area contributed by atoms with Crippen LogP contribution in [0.25, 0.3) is 0 Å². The van der Waals surface area contributed by atoms with E-state index in [-0.39, 0.29) is 11.7 Å². The van der Waals surface area contributed by atoms with Crippen LogP contribution in [-0.2, 0) is 9.53 Å². The third kappa shape index (κ3) is 2.92. The van der Waals surface area contributed by atoms with Crippen LogP contribution in [0.3, 0.4) is 0 Å². The summed E-state index contributed by atoms with van der Waals surface area (Å²) in [5.74, 6) is -1.42. The van der Waals surface area contributed by atoms with Crippen LogP contribution in [0.15, 0.2) is 15.9 Å². The number of rotatable bonds is 4. The Labute approximate surface area is 107 Å². The molecule has 0 fully saturated rings. The predicted molar refractivity (Wildman–Crippen MR) is 66.7 cm³/mol. The molecule has 0 radical (unpaired) electrons. The Balaban J connectivity index is 2.96. The molecule has 0 aromatic carbocycles. The highest BCUT2D eigenvalue weighted by Crippen LogP contribution is 2.27. The minimum absolute atomic E-state index is 0.0687. The van der Waals surface area contributed by atoms with Crippen molar-refractivity contribution in [2.45, 2.75) is 13.8 Å². The summed E-state index contributed by atoms with van der Waals surface area (Å²) >= 11 is 4.62. The van der Waals surface area contributed by atoms with Crippen LogP contribution in [0.4, 0.5) is 0 Å². The molecule has 0 saturated heterocycles. The van der Waals surface area contributed by atoms with Gasteiger partial charge in [0.05, 0.1) is 15.8 Å². The lowest BCUT2D eigenvalue weighted by Crippen LogP contribution is -2.29. The molecule has 0 spiro atoms. The van der Waals surface area contributed by atoms with Crippen molar-refractivity contribution in [3.63, 3.8) is 0 Å². The zero-order chi connectivity index (χ0) is 12.3. The van der Waals surface area contributed by atoms with E-state index in [0.29, 0.717) is 4.88 Å². The highest BCUT2D eigenvalue weighted by molar-refractivity contribution is 9.11. The highest BCUT2D eigenvalue weighted by Gasteiger charge is 2.32. The smallest absolute Gasteiger partial charge is 0.316 e. The highest BCUT2D eigenvalue weighted by atomic mass is 79.9. The Kier molecular flexibility index (Phi) is 4.68. The van der Waals surface area contributed by atoms with E-state index in [0.717, 1.165) is 3.79 Å². The summed E-state index contributed by atoms with van der Waals surface area (Å²) in [7, 11) is 1.30. The quantitative estimate of drug-likeness (QED) is 0.487. The first-order chi connectivity index (χ1) is 7.47. The van der Waals surface area contributed by atoms with Crippen LogP contribution in [-0.4, -0.2) is 18.9 Å². The number of carbonyl (C=O) groups excluding carboxylic acids is 2. The number of ketones is 1. The molecule has 0 aliphatic heterocycles. The Bertz CT molecular complexity index is 398. The summed E-state index contributed by atoms with van der Waals surface area (Å²) < 4.78 is 5.53. The van der Waals surface area contributed by atoms with Gasteiger partial charge in [0.1, 0.15) is 5.92 Å². The van der Waals surface area contributed by atoms with Gasteiger partial charge in [-0.05, 0) is 34.0 Å². The summed E-state index contributed by atoms with van der Waals surface area (Å²) in [6.45, 7) is 3.67. The normalized spacial score (nSPS) is 12.6. The molecule has 88 valence electrons. The number of methoxy groups -OCH3 is 1. The van der Waals surface area contributed by atoms with Crippen LogP contribution in [0.2, 0.25) is 0 Å². The van der Waals surface area contributed by atoms with Crippen LogP contribution in [0.5, 0.6) is 0 Å². The molecule has 0 bridgehead atoms. The number of halogens is 1. The first-order valence-corrected chi connectivity index (χ1v) is 6.45. The monoisotopic (exact) mass is 304 g/mol. The largest absolute Gasteiger partial charge is 0.468 e. The predicted octanol–water partition coefficient (Wildman–Crippen LogP) is 3.14. The minimum atomic E-state index is -0.712. The topological polar surface area (TPSA) is 43.4 Å². The zero-order valence-corrected chi connectivity index (χ0v) is 11.7. The van der Waals surface area contributed by atoms with E-state index in [1.807, 2.05) is 13.8 Å². The lowest BCUT2D eigenvalue weighted by Gasteiger charge is -2.15. The third-order valence-corrected chi connectivity index (χ3v) is 3.86. The lowest BCUT2D eigenvalue weighted by atomic mass is 9.91. The number of Topliss-reactive ketones (excluding diaryl/α,β-unsaturated/α-hetero) is 1. The molecule has 1 unspecified atom stereocenters. The summed E-state index contributed by atoms with van der Waals surface area (Å²) in [5.41, 5.74) is 0. The Morgan fingerprint density at radius 1 is 1.38 bits per heavy atom. The van der Waals surface area contributed by atoms with Crippen molar-refractivity contribution in [3.8, 4) is 0 Å². The van der Waals surface area contributed by atoms with E-state index in [1.165, 1.54) is 18.4 Å². The molecular formula is C11H13BrO3S. The first kappa shape index (κ1) is 13.4. The fourth-order valence-corrected chi connectivity index (χ4v) is 2.77. The van der Waals surface area contributed by atoms with E-state index in [4.69, 9.17) is 0 Å². The van der Waals surface area contributed by atoms with Crippen molar-refractivity contribution in [1.29, 1.82) is 0 Å². The molecule has 0 saturated carbocycles. The number of carbonyl (C=O) groups is 2. The van der Waals surface area contributed by atoms with Gasteiger partial charge in [-0.1, -0.05) is 13.8 Å². The van der Waals surface area contributed by atoms with Gasteiger partial charge in [-0.2, -0.15) is 0 Å². The SMILES string of the molecule is COC(=O)C(C(=O)c1ccc(Br)s1)C(C)C. The maximum atomic E-state index is 12.1. The van der Waals surface area contributed by atoms with Gasteiger partial charge in [-0.25, -0.2) is 0 Å². The van der Waals surface area contributed by atoms with Crippen molar-refractivity contribution in [2.75, 3.05) is 7.11 Å². The Morgan fingerprint density at radius 3 is 2.38 bits per heavy atom. The Morgan fingerprint density at radius 2 is 2.00 bits per heavy atom. The standard InChI is InChI=1S/C11H13BrO3S/c1-6(2)9(11(14)15-3)10(13)7-4-5-8(12)16-7/h4-6,9H,1-3H3. The van der Waals surface area contributed by atoms with Crippen LogP contribution >= 0.6 is 27.3 Å². The van der Waals surface area contributed by atoms with Gasteiger partial charge < -0.3 is 4.74 Å². The number of esters is 1. The van der Waals surface area contributed by atoms with Gasteiger partial charge in [0, 0.05) is 0 Å². The minimum Gasteiger partial charge on any atom is -0.468 e. The molecule has 0 aliphatic carbocycles. The van der Waals surface area contributed by atoms with Gasteiger partial charge >= 0.3 is 5.97 Å². The second-order valence-corrected chi connectivity index (χ2v) is 6.18. The average Bonchev–Trinajstić information content (AvgIpc) is 2.64. The van der Waals surface area contributed by atoms with E-state index in [2.05, 4.69) is 20.7 Å². The van der Waals surface area contributed by atoms with Crippen LogP contribution < -0.4 is 0 Å². The van der Waals surface area contributed by atoms with E-state index in [9.17, 15) is 9.59 Å². The molecular weight excluding hydrogens is 292 g/mol. The maximum Gasteiger partial charge on any atom is 0.316 e. The number of hydrogen-bond acceptors (Lipinski definition) is 4. The summed E-state index contributed by atoms with van der Waals surface area (Å²) in [6, 6.07) is 3.52. The summed E-state index contributed by atoms with van der Waals surface area (Å²) in [5, 5.41) is 0. The molecule has 0 amide bonds. The van der Waals surface area contributed by atoms with E-state index >= 15 is 0 Å². The number of hydrogen-bond donors (Lipinski definition) is 0. The number of ether oxygens (including phenoxy) is 1. The van der Waals surface area contributed by atoms with Gasteiger partial charge in [0.25, 0.3) is 0 Å². The van der Waals surface area contributed by atoms with Gasteiger partial charge in [-0.15, -0.1) is 11.3 Å². The average molecular weight is 305 g/mol. The second kappa shape index (κ2) is 5.59. The van der Waals surface area contributed by atoms with Crippen molar-refractivity contribution in [1.82, 2.24) is 0 Å². The van der Waals surface area contributed by atoms with Crippen molar-refractivity contribution in [3.05, 3.63) is 20.8 Å². The fourth-order valence-electron chi connectivity index (χ4n) is 1.41. The molecule has 0 N–H and O–H groups in total. The van der Waals surface area contributed by atoms with Crippen molar-refractivity contribution in [2.24, 2.45) is 11.8 Å². The molecule has 5 heteroatoms. The van der Waals surface area contributed by atoms with Gasteiger partial charge in [0.2, 0.25) is 0 Å². The molecule has 1 aromatic rings. The molecule has 1 rings (SSSR count). The molecule has 1 aromatic heterocycles. The first-order valence-electron chi connectivity index (χ1n) is 4.84. The molecule has 1 heterocycles. The number of thiophene rings is 1. The van der Waals surface area contributed by atoms with Crippen LogP contribution in [0, 0.1) is 11.8 Å². The van der Waals surface area contributed by atoms with Crippen LogP contribution in [0.1, 0.15) is 23.5 Å². The van der Waals surface area contributed by atoms with Gasteiger partial charge in [-0.3, -0.25) is 9.59 Å². The molecule has 3 nitrogen and oxygen atoms in total. The summed E-state index contributed by atoms with van der Waals surface area (Å²) in [6.07, 6.45) is 0. The van der Waals surface area contributed by atoms with Gasteiger partial charge in [0.15, 0.2) is 5.78 Å². The van der Waals surface area contributed by atoms with E-state index < -0.39 is 11.9 Å². The maximum absolute atomic E-state index is 12.1. The summed E-state index contributed by atoms with van der Waals surface area (Å²) in [4.78, 5) is 24.2. The molecule has 1 atom stereocenters. The zero-order valence-electron chi connectivity index (χ0n) is 9.32. The van der Waals surface area contributed by atoms with E-state index in [1.54, 1.807) is 12.1 Å². The molecule has 0 aliphatic rings. The molecule has 16 heavy (non-hydrogen) atoms. The van der Waals surface area contributed by atoms with Crippen molar-refractivity contribution >= 4 is 39.0 Å².